The second-order valence-corrected chi connectivity index (χ2v) is 14.9. The minimum atomic E-state index is -0.412. The van der Waals surface area contributed by atoms with Crippen LogP contribution in [0.2, 0.25) is 0 Å². The summed E-state index contributed by atoms with van der Waals surface area (Å²) in [5.41, 5.74) is 6.07. The van der Waals surface area contributed by atoms with E-state index in [1.807, 2.05) is 36.4 Å². The van der Waals surface area contributed by atoms with E-state index < -0.39 is 11.9 Å². The molecule has 0 aliphatic carbocycles. The molecule has 13 heteroatoms. The fourth-order valence-corrected chi connectivity index (χ4v) is 8.25. The van der Waals surface area contributed by atoms with Crippen LogP contribution in [0, 0.1) is 0 Å². The molecule has 272 valence electrons. The molecule has 0 radical (unpaired) electrons. The van der Waals surface area contributed by atoms with E-state index >= 15 is 0 Å². The van der Waals surface area contributed by atoms with Gasteiger partial charge in [0.1, 0.15) is 45.0 Å². The zero-order chi connectivity index (χ0) is 36.7. The molecule has 5 heterocycles. The first kappa shape index (κ1) is 36.1. The Morgan fingerprint density at radius 1 is 0.755 bits per heavy atom. The molecule has 0 saturated carbocycles. The van der Waals surface area contributed by atoms with Crippen LogP contribution in [0.4, 0.5) is 0 Å². The molecule has 53 heavy (non-hydrogen) atoms. The van der Waals surface area contributed by atoms with Crippen molar-refractivity contribution in [2.45, 2.75) is 51.2 Å². The van der Waals surface area contributed by atoms with Crippen LogP contribution in [0.3, 0.4) is 0 Å². The number of carbonyl (C=O) groups excluding carboxylic acids is 2. The standard InChI is InChI=1S/C22H21NO4S.C18H15NO4S2/c1-3-14-6-4-5-7-17(14)19-10-8-15-12-16(9-11-18(15)27-19)26-22-23-13-20(28-22)21(24)25-2;1-21-17(20)16-9-19-18(25-16)22-13-3-5-14-11(8-13)2-4-15(23-14)12-6-7-24-10-12/h4-7,9,11-13,19H,3,8,10H2,1-2H3;3,5-10,15H,2,4H2,1H3. The zero-order valence-corrected chi connectivity index (χ0v) is 31.7. The topological polar surface area (TPSA) is 115 Å². The summed E-state index contributed by atoms with van der Waals surface area (Å²) in [7, 11) is 2.69. The number of methoxy groups -OCH3 is 2. The number of hydrogen-bond acceptors (Lipinski definition) is 13. The highest BCUT2D eigenvalue weighted by molar-refractivity contribution is 7.15. The minimum absolute atomic E-state index is 0.0806. The van der Waals surface area contributed by atoms with Crippen LogP contribution in [0.15, 0.2) is 89.9 Å². The van der Waals surface area contributed by atoms with E-state index in [0.29, 0.717) is 31.6 Å². The Bertz CT molecular complexity index is 2200. The van der Waals surface area contributed by atoms with Crippen molar-refractivity contribution >= 4 is 45.9 Å². The molecule has 10 nitrogen and oxygen atoms in total. The van der Waals surface area contributed by atoms with Crippen LogP contribution >= 0.6 is 34.0 Å². The number of ether oxygens (including phenoxy) is 6. The lowest BCUT2D eigenvalue weighted by molar-refractivity contribution is 0.0597. The number of fused-ring (bicyclic) bond motifs is 2. The third-order valence-corrected chi connectivity index (χ3v) is 11.2. The van der Waals surface area contributed by atoms with Crippen LogP contribution in [0.5, 0.6) is 33.4 Å². The summed E-state index contributed by atoms with van der Waals surface area (Å²) in [4.78, 5) is 32.1. The van der Waals surface area contributed by atoms with Gasteiger partial charge in [-0.1, -0.05) is 53.9 Å². The summed E-state index contributed by atoms with van der Waals surface area (Å²) in [5, 5.41) is 5.02. The molecule has 0 saturated heterocycles. The van der Waals surface area contributed by atoms with Gasteiger partial charge >= 0.3 is 11.9 Å². The molecule has 2 atom stereocenters. The van der Waals surface area contributed by atoms with E-state index in [-0.39, 0.29) is 12.2 Å². The lowest BCUT2D eigenvalue weighted by Gasteiger charge is -2.28. The Balaban J connectivity index is 0.000000165. The van der Waals surface area contributed by atoms with Crippen molar-refractivity contribution in [1.82, 2.24) is 9.97 Å². The number of benzene rings is 3. The van der Waals surface area contributed by atoms with Gasteiger partial charge < -0.3 is 28.4 Å². The van der Waals surface area contributed by atoms with E-state index in [9.17, 15) is 9.59 Å². The monoisotopic (exact) mass is 768 g/mol. The fraction of sp³-hybridized carbons (Fsp3) is 0.250. The van der Waals surface area contributed by atoms with Crippen LogP contribution in [0.25, 0.3) is 0 Å². The molecule has 8 rings (SSSR count). The van der Waals surface area contributed by atoms with Crippen molar-refractivity contribution in [2.24, 2.45) is 0 Å². The van der Waals surface area contributed by atoms with Crippen LogP contribution in [0.1, 0.15) is 79.1 Å². The predicted molar refractivity (Wildman–Crippen MR) is 203 cm³/mol. The van der Waals surface area contributed by atoms with Crippen LogP contribution in [-0.2, 0) is 28.7 Å². The van der Waals surface area contributed by atoms with Gasteiger partial charge in [-0.2, -0.15) is 11.3 Å². The first-order valence-electron chi connectivity index (χ1n) is 17.0. The molecular weight excluding hydrogens is 733 g/mol. The molecule has 0 fully saturated rings. The lowest BCUT2D eigenvalue weighted by Crippen LogP contribution is -2.16. The van der Waals surface area contributed by atoms with Crippen molar-refractivity contribution in [2.75, 3.05) is 14.2 Å². The van der Waals surface area contributed by atoms with Gasteiger partial charge in [-0.3, -0.25) is 0 Å². The number of thiazole rings is 2. The predicted octanol–water partition coefficient (Wildman–Crippen LogP) is 10.2. The number of rotatable bonds is 9. The van der Waals surface area contributed by atoms with E-state index in [2.05, 4.69) is 62.7 Å². The lowest BCUT2D eigenvalue weighted by atomic mass is 9.93. The van der Waals surface area contributed by atoms with Gasteiger partial charge in [0, 0.05) is 5.56 Å². The normalized spacial score (nSPS) is 15.7. The number of aromatic nitrogens is 2. The molecule has 3 aromatic heterocycles. The highest BCUT2D eigenvalue weighted by atomic mass is 32.1. The summed E-state index contributed by atoms with van der Waals surface area (Å²) < 4.78 is 33.3. The highest BCUT2D eigenvalue weighted by Crippen LogP contribution is 2.40. The van der Waals surface area contributed by atoms with Crippen molar-refractivity contribution in [3.05, 3.63) is 127 Å². The van der Waals surface area contributed by atoms with Crippen LogP contribution < -0.4 is 18.9 Å². The van der Waals surface area contributed by atoms with Crippen molar-refractivity contribution < 1.29 is 38.0 Å². The van der Waals surface area contributed by atoms with Gasteiger partial charge in [0.25, 0.3) is 10.4 Å². The molecule has 2 aliphatic rings. The van der Waals surface area contributed by atoms with Gasteiger partial charge in [0.2, 0.25) is 0 Å². The summed E-state index contributed by atoms with van der Waals surface area (Å²) in [6.45, 7) is 2.17. The summed E-state index contributed by atoms with van der Waals surface area (Å²) >= 11 is 4.00. The largest absolute Gasteiger partial charge is 0.485 e. The second kappa shape index (κ2) is 16.6. The molecule has 3 aromatic carbocycles. The van der Waals surface area contributed by atoms with E-state index in [1.54, 1.807) is 11.3 Å². The van der Waals surface area contributed by atoms with E-state index in [1.165, 1.54) is 43.3 Å². The summed E-state index contributed by atoms with van der Waals surface area (Å²) in [6, 6.07) is 22.1. The maximum Gasteiger partial charge on any atom is 0.349 e. The maximum atomic E-state index is 11.5. The van der Waals surface area contributed by atoms with Crippen molar-refractivity contribution in [1.29, 1.82) is 0 Å². The molecule has 0 amide bonds. The first-order valence-corrected chi connectivity index (χ1v) is 19.6. The number of hydrogen-bond donors (Lipinski definition) is 0. The average molecular weight is 769 g/mol. The fourth-order valence-electron chi connectivity index (χ4n) is 6.14. The number of thiophene rings is 1. The number of esters is 2. The molecule has 0 bridgehead atoms. The number of nitrogens with zero attached hydrogens (tertiary/aromatic N) is 2. The molecule has 2 unspecified atom stereocenters. The molecule has 6 aromatic rings. The van der Waals surface area contributed by atoms with Gasteiger partial charge in [0.05, 0.1) is 26.6 Å². The first-order chi connectivity index (χ1) is 25.9. The van der Waals surface area contributed by atoms with Crippen LogP contribution in [-0.4, -0.2) is 36.1 Å². The SMILES string of the molecule is CCc1ccccc1C1CCc2cc(Oc3ncc(C(=O)OC)s3)ccc2O1.COC(=O)c1cnc(Oc2ccc3c(c2)CCC(c2ccsc2)O3)s1. The molecule has 0 N–H and O–H groups in total. The third-order valence-electron chi connectivity index (χ3n) is 8.80. The van der Waals surface area contributed by atoms with Gasteiger partial charge in [0.15, 0.2) is 0 Å². The highest BCUT2D eigenvalue weighted by Gasteiger charge is 2.25. The maximum absolute atomic E-state index is 11.5. The van der Waals surface area contributed by atoms with E-state index in [0.717, 1.165) is 77.4 Å². The Labute approximate surface area is 318 Å². The Hall–Kier alpha value is -5.24. The smallest absolute Gasteiger partial charge is 0.349 e. The Morgan fingerprint density at radius 2 is 1.32 bits per heavy atom. The Kier molecular flexibility index (Phi) is 11.3. The van der Waals surface area contributed by atoms with Gasteiger partial charge in [-0.15, -0.1) is 0 Å². The molecule has 0 spiro atoms. The molecule has 2 aliphatic heterocycles. The Morgan fingerprint density at radius 3 is 1.87 bits per heavy atom. The van der Waals surface area contributed by atoms with Gasteiger partial charge in [-0.25, -0.2) is 19.6 Å². The third kappa shape index (κ3) is 8.54. The summed E-state index contributed by atoms with van der Waals surface area (Å²) in [6.07, 6.45) is 7.83. The van der Waals surface area contributed by atoms with Crippen molar-refractivity contribution in [3.8, 4) is 33.4 Å². The quantitative estimate of drug-likeness (QED) is 0.132. The molecular formula is C40H36N2O8S3. The summed E-state index contributed by atoms with van der Waals surface area (Å²) in [5.74, 6) is 2.32. The zero-order valence-electron chi connectivity index (χ0n) is 29.2. The average Bonchev–Trinajstić information content (AvgIpc) is 4.01. The minimum Gasteiger partial charge on any atom is -0.485 e. The number of carbonyl (C=O) groups is 2. The van der Waals surface area contributed by atoms with Crippen molar-refractivity contribution in [3.63, 3.8) is 0 Å². The van der Waals surface area contributed by atoms with E-state index in [4.69, 9.17) is 23.7 Å². The second-order valence-electron chi connectivity index (χ2n) is 12.1. The van der Waals surface area contributed by atoms with Gasteiger partial charge in [-0.05, 0) is 108 Å². The number of aryl methyl sites for hydroxylation is 3.